The molecule has 0 bridgehead atoms. The summed E-state index contributed by atoms with van der Waals surface area (Å²) in [6.07, 6.45) is 0.658. The third kappa shape index (κ3) is 5.11. The van der Waals surface area contributed by atoms with Crippen molar-refractivity contribution in [1.82, 2.24) is 10.3 Å². The number of nitrogens with zero attached hydrogens (tertiary/aromatic N) is 3. The Hall–Kier alpha value is -3.04. The van der Waals surface area contributed by atoms with Crippen molar-refractivity contribution >= 4 is 46.4 Å². The number of nitrogen functional groups attached to an aromatic ring is 1. The van der Waals surface area contributed by atoms with Crippen LogP contribution in [0.2, 0.25) is 5.02 Å². The van der Waals surface area contributed by atoms with Gasteiger partial charge in [0.05, 0.1) is 11.3 Å². The highest BCUT2D eigenvalue weighted by Gasteiger charge is 2.21. The van der Waals surface area contributed by atoms with Gasteiger partial charge in [-0.05, 0) is 35.6 Å². The number of thioether (sulfide) groups is 1. The van der Waals surface area contributed by atoms with Crippen LogP contribution in [-0.4, -0.2) is 23.2 Å². The molecule has 0 unspecified atom stereocenters. The molecule has 0 saturated heterocycles. The lowest BCUT2D eigenvalue weighted by atomic mass is 10.0. The zero-order valence-electron chi connectivity index (χ0n) is 15.7. The van der Waals surface area contributed by atoms with Crippen LogP contribution >= 0.6 is 34.7 Å². The molecule has 0 aliphatic heterocycles. The second kappa shape index (κ2) is 10.1. The average Bonchev–Trinajstić information content (AvgIpc) is 3.26. The van der Waals surface area contributed by atoms with Crippen molar-refractivity contribution in [2.24, 2.45) is 0 Å². The minimum atomic E-state index is -0.187. The second-order valence-electron chi connectivity index (χ2n) is 6.15. The first-order chi connectivity index (χ1) is 14.5. The van der Waals surface area contributed by atoms with Gasteiger partial charge in [-0.3, -0.25) is 4.79 Å². The Kier molecular flexibility index (Phi) is 7.31. The molecule has 2 heterocycles. The molecule has 0 aliphatic carbocycles. The van der Waals surface area contributed by atoms with E-state index in [-0.39, 0.29) is 28.6 Å². The summed E-state index contributed by atoms with van der Waals surface area (Å²) in [4.78, 5) is 17.2. The number of nitrogens with one attached hydrogen (secondary N) is 1. The summed E-state index contributed by atoms with van der Waals surface area (Å²) in [5.41, 5.74) is 7.88. The number of pyridine rings is 1. The van der Waals surface area contributed by atoms with Crippen LogP contribution in [0.15, 0.2) is 46.8 Å². The van der Waals surface area contributed by atoms with E-state index >= 15 is 0 Å². The normalized spacial score (nSPS) is 10.2. The lowest BCUT2D eigenvalue weighted by molar-refractivity contribution is -0.118. The third-order valence-electron chi connectivity index (χ3n) is 4.15. The number of thiophene rings is 1. The van der Waals surface area contributed by atoms with Gasteiger partial charge in [0.2, 0.25) is 5.91 Å². The molecule has 3 rings (SSSR count). The molecule has 0 fully saturated rings. The molecule has 0 aliphatic rings. The smallest absolute Gasteiger partial charge is 0.230 e. The summed E-state index contributed by atoms with van der Waals surface area (Å²) < 4.78 is 0. The van der Waals surface area contributed by atoms with E-state index in [0.717, 1.165) is 22.2 Å². The Bertz CT molecular complexity index is 1150. The second-order valence-corrected chi connectivity index (χ2v) is 8.49. The number of benzene rings is 1. The van der Waals surface area contributed by atoms with Crippen molar-refractivity contribution < 1.29 is 4.79 Å². The van der Waals surface area contributed by atoms with Gasteiger partial charge in [0.1, 0.15) is 28.5 Å². The number of amides is 1. The zero-order valence-corrected chi connectivity index (χ0v) is 18.1. The predicted molar refractivity (Wildman–Crippen MR) is 120 cm³/mol. The minimum Gasteiger partial charge on any atom is -0.383 e. The Labute approximate surface area is 187 Å². The molecule has 0 atom stereocenters. The lowest BCUT2D eigenvalue weighted by Gasteiger charge is -2.11. The van der Waals surface area contributed by atoms with Crippen molar-refractivity contribution in [3.8, 4) is 22.6 Å². The van der Waals surface area contributed by atoms with Crippen LogP contribution in [0.25, 0.3) is 10.4 Å². The Morgan fingerprint density at radius 2 is 2.03 bits per heavy atom. The largest absolute Gasteiger partial charge is 0.383 e. The molecule has 1 aromatic carbocycles. The van der Waals surface area contributed by atoms with Gasteiger partial charge in [0.15, 0.2) is 0 Å². The number of hydrogen-bond donors (Lipinski definition) is 2. The SMILES string of the molecule is N#Cc1c(N)nc(SCC(=O)NCCc2cccc(Cl)c2)c(C#N)c1-c1cccs1. The Morgan fingerprint density at radius 3 is 2.70 bits per heavy atom. The van der Waals surface area contributed by atoms with Crippen molar-refractivity contribution in [3.05, 3.63) is 63.5 Å². The highest BCUT2D eigenvalue weighted by Crippen LogP contribution is 2.37. The van der Waals surface area contributed by atoms with Gasteiger partial charge < -0.3 is 11.1 Å². The van der Waals surface area contributed by atoms with Crippen molar-refractivity contribution in [3.63, 3.8) is 0 Å². The van der Waals surface area contributed by atoms with Gasteiger partial charge in [0.25, 0.3) is 0 Å². The topological polar surface area (TPSA) is 116 Å². The predicted octanol–water partition coefficient (Wildman–Crippen LogP) is 4.24. The molecular formula is C21H16ClN5OS2. The van der Waals surface area contributed by atoms with Crippen LogP contribution in [0.4, 0.5) is 5.82 Å². The van der Waals surface area contributed by atoms with E-state index in [9.17, 15) is 15.3 Å². The van der Waals surface area contributed by atoms with Crippen molar-refractivity contribution in [2.45, 2.75) is 11.4 Å². The number of nitrogens with two attached hydrogens (primary N) is 1. The summed E-state index contributed by atoms with van der Waals surface area (Å²) in [6.45, 7) is 0.466. The standard InChI is InChI=1S/C21H16ClN5OS2/c22-14-4-1-3-13(9-14)6-7-26-18(28)12-30-21-16(11-24)19(17-5-2-8-29-17)15(10-23)20(25)27-21/h1-5,8-9H,6-7,12H2,(H2,25,27)(H,26,28). The number of hydrogen-bond acceptors (Lipinski definition) is 7. The fourth-order valence-corrected chi connectivity index (χ4v) is 4.61. The van der Waals surface area contributed by atoms with Gasteiger partial charge in [0, 0.05) is 22.0 Å². The average molecular weight is 454 g/mol. The number of halogens is 1. The van der Waals surface area contributed by atoms with E-state index in [2.05, 4.69) is 16.4 Å². The highest BCUT2D eigenvalue weighted by molar-refractivity contribution is 8.00. The Balaban J connectivity index is 1.70. The molecule has 0 spiro atoms. The molecule has 1 amide bonds. The van der Waals surface area contributed by atoms with E-state index in [1.165, 1.54) is 11.3 Å². The Morgan fingerprint density at radius 1 is 1.23 bits per heavy atom. The molecule has 3 aromatic rings. The molecule has 150 valence electrons. The molecule has 2 aromatic heterocycles. The van der Waals surface area contributed by atoms with Gasteiger partial charge in [-0.15, -0.1) is 11.3 Å². The van der Waals surface area contributed by atoms with E-state index < -0.39 is 0 Å². The van der Waals surface area contributed by atoms with E-state index in [1.807, 2.05) is 41.8 Å². The summed E-state index contributed by atoms with van der Waals surface area (Å²) in [6, 6.07) is 15.3. The number of carbonyl (C=O) groups excluding carboxylic acids is 1. The van der Waals surface area contributed by atoms with Crippen LogP contribution in [0.3, 0.4) is 0 Å². The summed E-state index contributed by atoms with van der Waals surface area (Å²) in [5.74, 6) is -0.0657. The number of rotatable bonds is 7. The van der Waals surface area contributed by atoms with Crippen LogP contribution in [0.1, 0.15) is 16.7 Å². The van der Waals surface area contributed by atoms with E-state index in [0.29, 0.717) is 28.6 Å². The molecule has 0 radical (unpaired) electrons. The summed E-state index contributed by atoms with van der Waals surface area (Å²) in [5, 5.41) is 24.9. The van der Waals surface area contributed by atoms with Crippen LogP contribution in [0, 0.1) is 22.7 Å². The fourth-order valence-electron chi connectivity index (χ4n) is 2.79. The first-order valence-electron chi connectivity index (χ1n) is 8.85. The maximum Gasteiger partial charge on any atom is 0.230 e. The molecule has 3 N–H and O–H groups in total. The highest BCUT2D eigenvalue weighted by atomic mass is 35.5. The van der Waals surface area contributed by atoms with Gasteiger partial charge in [-0.25, -0.2) is 4.98 Å². The molecule has 0 saturated carbocycles. The molecule has 9 heteroatoms. The third-order valence-corrected chi connectivity index (χ3v) is 6.25. The molecule has 6 nitrogen and oxygen atoms in total. The molecular weight excluding hydrogens is 438 g/mol. The lowest BCUT2D eigenvalue weighted by Crippen LogP contribution is -2.27. The summed E-state index contributed by atoms with van der Waals surface area (Å²) in [7, 11) is 0. The van der Waals surface area contributed by atoms with E-state index in [1.54, 1.807) is 6.07 Å². The first-order valence-corrected chi connectivity index (χ1v) is 11.1. The van der Waals surface area contributed by atoms with Crippen molar-refractivity contribution in [1.29, 1.82) is 10.5 Å². The van der Waals surface area contributed by atoms with E-state index in [4.69, 9.17) is 17.3 Å². The number of carbonyl (C=O) groups is 1. The minimum absolute atomic E-state index is 0.0452. The van der Waals surface area contributed by atoms with Crippen LogP contribution in [-0.2, 0) is 11.2 Å². The van der Waals surface area contributed by atoms with Gasteiger partial charge >= 0.3 is 0 Å². The van der Waals surface area contributed by atoms with Crippen LogP contribution in [0.5, 0.6) is 0 Å². The number of nitriles is 2. The zero-order chi connectivity index (χ0) is 21.5. The first kappa shape index (κ1) is 21.7. The quantitative estimate of drug-likeness (QED) is 0.517. The summed E-state index contributed by atoms with van der Waals surface area (Å²) >= 11 is 8.49. The molecule has 30 heavy (non-hydrogen) atoms. The maximum atomic E-state index is 12.2. The van der Waals surface area contributed by atoms with Crippen molar-refractivity contribution in [2.75, 3.05) is 18.0 Å². The van der Waals surface area contributed by atoms with Gasteiger partial charge in [-0.1, -0.05) is 41.6 Å². The maximum absolute atomic E-state index is 12.2. The number of anilines is 1. The fraction of sp³-hybridized carbons (Fsp3) is 0.143. The van der Waals surface area contributed by atoms with Gasteiger partial charge in [-0.2, -0.15) is 10.5 Å². The van der Waals surface area contributed by atoms with Crippen LogP contribution < -0.4 is 11.1 Å². The number of aromatic nitrogens is 1. The monoisotopic (exact) mass is 453 g/mol.